The highest BCUT2D eigenvalue weighted by atomic mass is 16.2. The molecule has 1 atom stereocenters. The van der Waals surface area contributed by atoms with Gasteiger partial charge in [0.2, 0.25) is 0 Å². The first-order valence-electron chi connectivity index (χ1n) is 7.11. The van der Waals surface area contributed by atoms with Crippen LogP contribution >= 0.6 is 0 Å². The van der Waals surface area contributed by atoms with Crippen LogP contribution in [0.4, 0.5) is 16.2 Å². The summed E-state index contributed by atoms with van der Waals surface area (Å²) in [5, 5.41) is 5.71. The van der Waals surface area contributed by atoms with E-state index < -0.39 is 0 Å². The van der Waals surface area contributed by atoms with Crippen LogP contribution in [0.1, 0.15) is 31.0 Å². The molecule has 4 heteroatoms. The molecule has 0 bridgehead atoms. The molecular weight excluding hydrogens is 262 g/mol. The second kappa shape index (κ2) is 6.90. The lowest BCUT2D eigenvalue weighted by molar-refractivity contribution is 0.262. The summed E-state index contributed by atoms with van der Waals surface area (Å²) in [6, 6.07) is 15.0. The molecular formula is C17H21N3O. The lowest BCUT2D eigenvalue weighted by Crippen LogP contribution is -2.20. The average molecular weight is 283 g/mol. The van der Waals surface area contributed by atoms with Gasteiger partial charge in [0.15, 0.2) is 0 Å². The molecule has 2 aromatic rings. The minimum Gasteiger partial charge on any atom is -0.324 e. The highest BCUT2D eigenvalue weighted by Crippen LogP contribution is 2.18. The van der Waals surface area contributed by atoms with Gasteiger partial charge in [-0.25, -0.2) is 4.79 Å². The zero-order valence-corrected chi connectivity index (χ0v) is 12.4. The Morgan fingerprint density at radius 1 is 1.14 bits per heavy atom. The van der Waals surface area contributed by atoms with Gasteiger partial charge >= 0.3 is 6.03 Å². The molecule has 2 aromatic carbocycles. The number of anilines is 2. The Balaban J connectivity index is 2.06. The average Bonchev–Trinajstić information content (AvgIpc) is 2.48. The summed E-state index contributed by atoms with van der Waals surface area (Å²) in [6.07, 6.45) is 0.872. The Hall–Kier alpha value is -2.33. The molecule has 2 amide bonds. The van der Waals surface area contributed by atoms with Gasteiger partial charge in [-0.3, -0.25) is 0 Å². The van der Waals surface area contributed by atoms with Gasteiger partial charge in [-0.1, -0.05) is 37.3 Å². The zero-order chi connectivity index (χ0) is 15.2. The summed E-state index contributed by atoms with van der Waals surface area (Å²) >= 11 is 0. The van der Waals surface area contributed by atoms with Gasteiger partial charge in [-0.2, -0.15) is 0 Å². The van der Waals surface area contributed by atoms with E-state index in [0.717, 1.165) is 28.9 Å². The van der Waals surface area contributed by atoms with E-state index in [0.29, 0.717) is 0 Å². The SMILES string of the molecule is CCc1ccccc1NC(=O)Nc1cccc(C(C)N)c1. The Morgan fingerprint density at radius 2 is 1.90 bits per heavy atom. The van der Waals surface area contributed by atoms with Crippen LogP contribution in [0, 0.1) is 0 Å². The van der Waals surface area contributed by atoms with Gasteiger partial charge in [0.05, 0.1) is 0 Å². The lowest BCUT2D eigenvalue weighted by atomic mass is 10.1. The molecule has 0 saturated heterocycles. The van der Waals surface area contributed by atoms with Crippen LogP contribution in [0.15, 0.2) is 48.5 Å². The van der Waals surface area contributed by atoms with Gasteiger partial charge in [-0.05, 0) is 42.7 Å². The molecule has 0 saturated carbocycles. The third-order valence-corrected chi connectivity index (χ3v) is 3.32. The van der Waals surface area contributed by atoms with Crippen molar-refractivity contribution in [3.63, 3.8) is 0 Å². The number of nitrogens with two attached hydrogens (primary N) is 1. The van der Waals surface area contributed by atoms with E-state index in [1.165, 1.54) is 0 Å². The third-order valence-electron chi connectivity index (χ3n) is 3.32. The van der Waals surface area contributed by atoms with Crippen molar-refractivity contribution < 1.29 is 4.79 Å². The van der Waals surface area contributed by atoms with Gasteiger partial charge in [-0.15, -0.1) is 0 Å². The summed E-state index contributed by atoms with van der Waals surface area (Å²) < 4.78 is 0. The predicted molar refractivity (Wildman–Crippen MR) is 87.5 cm³/mol. The highest BCUT2D eigenvalue weighted by molar-refractivity contribution is 6.00. The number of rotatable bonds is 4. The number of aryl methyl sites for hydroxylation is 1. The van der Waals surface area contributed by atoms with Crippen LogP contribution in [0.5, 0.6) is 0 Å². The van der Waals surface area contributed by atoms with Crippen molar-refractivity contribution in [3.05, 3.63) is 59.7 Å². The molecule has 110 valence electrons. The maximum absolute atomic E-state index is 12.1. The van der Waals surface area contributed by atoms with E-state index in [1.807, 2.05) is 55.5 Å². The molecule has 0 spiro atoms. The molecule has 0 aromatic heterocycles. The minimum absolute atomic E-state index is 0.0596. The Kier molecular flexibility index (Phi) is 4.95. The molecule has 1 unspecified atom stereocenters. The number of hydrogen-bond donors (Lipinski definition) is 3. The first-order chi connectivity index (χ1) is 10.1. The maximum Gasteiger partial charge on any atom is 0.323 e. The molecule has 0 aliphatic carbocycles. The topological polar surface area (TPSA) is 67.2 Å². The van der Waals surface area contributed by atoms with E-state index in [4.69, 9.17) is 5.73 Å². The van der Waals surface area contributed by atoms with E-state index in [9.17, 15) is 4.79 Å². The number of hydrogen-bond acceptors (Lipinski definition) is 2. The van der Waals surface area contributed by atoms with Crippen molar-refractivity contribution in [3.8, 4) is 0 Å². The number of carbonyl (C=O) groups is 1. The second-order valence-electron chi connectivity index (χ2n) is 5.00. The Morgan fingerprint density at radius 3 is 2.62 bits per heavy atom. The minimum atomic E-state index is -0.252. The fraction of sp³-hybridized carbons (Fsp3) is 0.235. The Labute approximate surface area is 125 Å². The van der Waals surface area contributed by atoms with Crippen molar-refractivity contribution in [1.29, 1.82) is 0 Å². The predicted octanol–water partition coefficient (Wildman–Crippen LogP) is 3.91. The first-order valence-corrected chi connectivity index (χ1v) is 7.11. The van der Waals surface area contributed by atoms with Crippen molar-refractivity contribution in [1.82, 2.24) is 0 Å². The standard InChI is InChI=1S/C17H21N3O/c1-3-13-7-4-5-10-16(13)20-17(21)19-15-9-6-8-14(11-15)12(2)18/h4-12H,3,18H2,1-2H3,(H2,19,20,21). The van der Waals surface area contributed by atoms with Crippen LogP contribution in [0.25, 0.3) is 0 Å². The maximum atomic E-state index is 12.1. The van der Waals surface area contributed by atoms with Gasteiger partial charge in [0, 0.05) is 17.4 Å². The normalized spacial score (nSPS) is 11.8. The van der Waals surface area contributed by atoms with Crippen LogP contribution < -0.4 is 16.4 Å². The van der Waals surface area contributed by atoms with Crippen LogP contribution in [-0.4, -0.2) is 6.03 Å². The van der Waals surface area contributed by atoms with E-state index in [-0.39, 0.29) is 12.1 Å². The van der Waals surface area contributed by atoms with Crippen molar-refractivity contribution in [2.24, 2.45) is 5.73 Å². The molecule has 0 fully saturated rings. The van der Waals surface area contributed by atoms with Crippen molar-refractivity contribution >= 4 is 17.4 Å². The monoisotopic (exact) mass is 283 g/mol. The number of benzene rings is 2. The highest BCUT2D eigenvalue weighted by Gasteiger charge is 2.07. The molecule has 0 radical (unpaired) electrons. The van der Waals surface area contributed by atoms with Crippen molar-refractivity contribution in [2.75, 3.05) is 10.6 Å². The van der Waals surface area contributed by atoms with Crippen LogP contribution in [-0.2, 0) is 6.42 Å². The molecule has 0 aliphatic heterocycles. The molecule has 0 heterocycles. The molecule has 21 heavy (non-hydrogen) atoms. The third kappa shape index (κ3) is 4.07. The van der Waals surface area contributed by atoms with E-state index in [1.54, 1.807) is 0 Å². The largest absolute Gasteiger partial charge is 0.324 e. The quantitative estimate of drug-likeness (QED) is 0.796. The van der Waals surface area contributed by atoms with Gasteiger partial charge in [0.25, 0.3) is 0 Å². The summed E-state index contributed by atoms with van der Waals surface area (Å²) in [5.41, 5.74) is 9.51. The molecule has 2 rings (SSSR count). The fourth-order valence-electron chi connectivity index (χ4n) is 2.13. The first kappa shape index (κ1) is 15.1. The van der Waals surface area contributed by atoms with Gasteiger partial charge < -0.3 is 16.4 Å². The number of carbonyl (C=O) groups excluding carboxylic acids is 1. The number of para-hydroxylation sites is 1. The summed E-state index contributed by atoms with van der Waals surface area (Å²) in [4.78, 5) is 12.1. The van der Waals surface area contributed by atoms with E-state index in [2.05, 4.69) is 17.6 Å². The second-order valence-corrected chi connectivity index (χ2v) is 5.00. The molecule has 4 nitrogen and oxygen atoms in total. The van der Waals surface area contributed by atoms with Crippen LogP contribution in [0.3, 0.4) is 0 Å². The lowest BCUT2D eigenvalue weighted by Gasteiger charge is -2.12. The summed E-state index contributed by atoms with van der Waals surface area (Å²) in [5.74, 6) is 0. The number of amides is 2. The summed E-state index contributed by atoms with van der Waals surface area (Å²) in [6.45, 7) is 3.97. The number of nitrogens with one attached hydrogen (secondary N) is 2. The van der Waals surface area contributed by atoms with Gasteiger partial charge in [0.1, 0.15) is 0 Å². The van der Waals surface area contributed by atoms with Crippen molar-refractivity contribution in [2.45, 2.75) is 26.3 Å². The molecule has 4 N–H and O–H groups in total. The fourth-order valence-corrected chi connectivity index (χ4v) is 2.13. The molecule has 0 aliphatic rings. The summed E-state index contributed by atoms with van der Waals surface area (Å²) in [7, 11) is 0. The Bertz CT molecular complexity index is 623. The number of urea groups is 1. The van der Waals surface area contributed by atoms with E-state index >= 15 is 0 Å². The zero-order valence-electron chi connectivity index (χ0n) is 12.4. The van der Waals surface area contributed by atoms with Crippen LogP contribution in [0.2, 0.25) is 0 Å². The smallest absolute Gasteiger partial charge is 0.323 e.